The lowest BCUT2D eigenvalue weighted by molar-refractivity contribution is 0.251. The van der Waals surface area contributed by atoms with Crippen LogP contribution in [0.3, 0.4) is 0 Å². The Bertz CT molecular complexity index is 599. The zero-order valence-electron chi connectivity index (χ0n) is 11.7. The first kappa shape index (κ1) is 14.8. The summed E-state index contributed by atoms with van der Waals surface area (Å²) in [5, 5.41) is 5.28. The highest BCUT2D eigenvalue weighted by atomic mass is 19.1. The van der Waals surface area contributed by atoms with Crippen molar-refractivity contribution in [3.63, 3.8) is 0 Å². The largest absolute Gasteiger partial charge is 0.494 e. The Morgan fingerprint density at radius 2 is 1.86 bits per heavy atom. The van der Waals surface area contributed by atoms with Gasteiger partial charge in [0.05, 0.1) is 6.61 Å². The Kier molecular flexibility index (Phi) is 5.15. The SMILES string of the molecule is CCOc1ccc(NC(=O)NCc2ccccc2F)cc1. The van der Waals surface area contributed by atoms with Gasteiger partial charge in [-0.1, -0.05) is 18.2 Å². The smallest absolute Gasteiger partial charge is 0.319 e. The fraction of sp³-hybridized carbons (Fsp3) is 0.188. The minimum atomic E-state index is -0.387. The molecule has 21 heavy (non-hydrogen) atoms. The van der Waals surface area contributed by atoms with E-state index in [0.29, 0.717) is 17.9 Å². The van der Waals surface area contributed by atoms with Gasteiger partial charge in [0.1, 0.15) is 11.6 Å². The minimum absolute atomic E-state index is 0.134. The van der Waals surface area contributed by atoms with Crippen LogP contribution < -0.4 is 15.4 Å². The Labute approximate surface area is 122 Å². The first-order chi connectivity index (χ1) is 10.2. The van der Waals surface area contributed by atoms with Crippen LogP contribution in [0.25, 0.3) is 0 Å². The van der Waals surface area contributed by atoms with E-state index in [1.54, 1.807) is 42.5 Å². The predicted molar refractivity (Wildman–Crippen MR) is 79.9 cm³/mol. The van der Waals surface area contributed by atoms with E-state index in [1.165, 1.54) is 6.07 Å². The van der Waals surface area contributed by atoms with Crippen molar-refractivity contribution in [1.29, 1.82) is 0 Å². The maximum atomic E-state index is 13.4. The normalized spacial score (nSPS) is 10.0. The molecule has 0 radical (unpaired) electrons. The number of carbonyl (C=O) groups is 1. The van der Waals surface area contributed by atoms with Gasteiger partial charge in [0, 0.05) is 17.8 Å². The van der Waals surface area contributed by atoms with Crippen LogP contribution >= 0.6 is 0 Å². The molecule has 0 saturated heterocycles. The van der Waals surface area contributed by atoms with Crippen LogP contribution in [-0.4, -0.2) is 12.6 Å². The van der Waals surface area contributed by atoms with Crippen LogP contribution in [0.4, 0.5) is 14.9 Å². The number of urea groups is 1. The molecule has 2 rings (SSSR count). The molecule has 2 amide bonds. The maximum Gasteiger partial charge on any atom is 0.319 e. The number of carbonyl (C=O) groups excluding carboxylic acids is 1. The molecule has 2 N–H and O–H groups in total. The van der Waals surface area contributed by atoms with E-state index in [-0.39, 0.29) is 18.4 Å². The molecule has 0 unspecified atom stereocenters. The van der Waals surface area contributed by atoms with Crippen molar-refractivity contribution in [2.75, 3.05) is 11.9 Å². The number of ether oxygens (including phenoxy) is 1. The molecule has 0 atom stereocenters. The lowest BCUT2D eigenvalue weighted by atomic mass is 10.2. The number of benzene rings is 2. The summed E-state index contributed by atoms with van der Waals surface area (Å²) in [6, 6.07) is 13.0. The molecule has 0 saturated carbocycles. The number of anilines is 1. The van der Waals surface area contributed by atoms with Crippen LogP contribution in [0.1, 0.15) is 12.5 Å². The summed E-state index contributed by atoms with van der Waals surface area (Å²) in [7, 11) is 0. The highest BCUT2D eigenvalue weighted by Gasteiger charge is 2.04. The molecule has 110 valence electrons. The topological polar surface area (TPSA) is 50.4 Å². The van der Waals surface area contributed by atoms with Gasteiger partial charge >= 0.3 is 6.03 Å². The molecule has 0 fully saturated rings. The second-order valence-electron chi connectivity index (χ2n) is 4.36. The summed E-state index contributed by atoms with van der Waals surface area (Å²) in [6.07, 6.45) is 0. The summed E-state index contributed by atoms with van der Waals surface area (Å²) in [6.45, 7) is 2.63. The molecule has 0 aliphatic carbocycles. The van der Waals surface area contributed by atoms with Crippen molar-refractivity contribution in [3.05, 3.63) is 59.9 Å². The van der Waals surface area contributed by atoms with Crippen molar-refractivity contribution in [2.24, 2.45) is 0 Å². The van der Waals surface area contributed by atoms with Gasteiger partial charge in [-0.2, -0.15) is 0 Å². The standard InChI is InChI=1S/C16H17FN2O2/c1-2-21-14-9-7-13(8-10-14)19-16(20)18-11-12-5-3-4-6-15(12)17/h3-10H,2,11H2,1H3,(H2,18,19,20). The molecule has 2 aromatic carbocycles. The van der Waals surface area contributed by atoms with E-state index in [4.69, 9.17) is 4.74 Å². The first-order valence-electron chi connectivity index (χ1n) is 6.70. The molecule has 5 heteroatoms. The van der Waals surface area contributed by atoms with Gasteiger partial charge in [-0.3, -0.25) is 0 Å². The minimum Gasteiger partial charge on any atom is -0.494 e. The third-order valence-electron chi connectivity index (χ3n) is 2.82. The quantitative estimate of drug-likeness (QED) is 0.884. The average Bonchev–Trinajstić information content (AvgIpc) is 2.49. The van der Waals surface area contributed by atoms with Gasteiger partial charge in [-0.25, -0.2) is 9.18 Å². The first-order valence-corrected chi connectivity index (χ1v) is 6.70. The van der Waals surface area contributed by atoms with E-state index >= 15 is 0 Å². The number of hydrogen-bond acceptors (Lipinski definition) is 2. The highest BCUT2D eigenvalue weighted by molar-refractivity contribution is 5.89. The average molecular weight is 288 g/mol. The molecular formula is C16H17FN2O2. The van der Waals surface area contributed by atoms with Gasteiger partial charge in [0.15, 0.2) is 0 Å². The Hall–Kier alpha value is -2.56. The Balaban J connectivity index is 1.85. The van der Waals surface area contributed by atoms with Crippen LogP contribution in [0.5, 0.6) is 5.75 Å². The number of amides is 2. The van der Waals surface area contributed by atoms with Gasteiger partial charge in [-0.05, 0) is 37.3 Å². The maximum absolute atomic E-state index is 13.4. The molecule has 2 aromatic rings. The lowest BCUT2D eigenvalue weighted by Gasteiger charge is -2.09. The monoisotopic (exact) mass is 288 g/mol. The lowest BCUT2D eigenvalue weighted by Crippen LogP contribution is -2.28. The molecule has 0 aliphatic rings. The van der Waals surface area contributed by atoms with Crippen molar-refractivity contribution < 1.29 is 13.9 Å². The van der Waals surface area contributed by atoms with E-state index < -0.39 is 0 Å². The molecule has 0 aromatic heterocycles. The molecule has 0 heterocycles. The van der Waals surface area contributed by atoms with Crippen molar-refractivity contribution in [1.82, 2.24) is 5.32 Å². The van der Waals surface area contributed by atoms with Crippen molar-refractivity contribution in [3.8, 4) is 5.75 Å². The fourth-order valence-corrected chi connectivity index (χ4v) is 1.79. The van der Waals surface area contributed by atoms with Gasteiger partial charge in [0.2, 0.25) is 0 Å². The van der Waals surface area contributed by atoms with E-state index in [9.17, 15) is 9.18 Å². The van der Waals surface area contributed by atoms with E-state index in [1.807, 2.05) is 6.92 Å². The predicted octanol–water partition coefficient (Wildman–Crippen LogP) is 3.55. The summed E-state index contributed by atoms with van der Waals surface area (Å²) >= 11 is 0. The third-order valence-corrected chi connectivity index (χ3v) is 2.82. The third kappa shape index (κ3) is 4.49. The molecule has 4 nitrogen and oxygen atoms in total. The zero-order valence-corrected chi connectivity index (χ0v) is 11.7. The Morgan fingerprint density at radius 1 is 1.14 bits per heavy atom. The molecule has 0 bridgehead atoms. The van der Waals surface area contributed by atoms with Gasteiger partial charge in [-0.15, -0.1) is 0 Å². The van der Waals surface area contributed by atoms with Crippen LogP contribution in [-0.2, 0) is 6.54 Å². The molecule has 0 spiro atoms. The summed E-state index contributed by atoms with van der Waals surface area (Å²) in [4.78, 5) is 11.7. The number of halogens is 1. The zero-order chi connectivity index (χ0) is 15.1. The second kappa shape index (κ2) is 7.28. The van der Waals surface area contributed by atoms with E-state index in [0.717, 1.165) is 5.75 Å². The van der Waals surface area contributed by atoms with Crippen LogP contribution in [0.15, 0.2) is 48.5 Å². The van der Waals surface area contributed by atoms with Crippen molar-refractivity contribution >= 4 is 11.7 Å². The van der Waals surface area contributed by atoms with Crippen LogP contribution in [0, 0.1) is 5.82 Å². The van der Waals surface area contributed by atoms with Gasteiger partial charge < -0.3 is 15.4 Å². The number of rotatable bonds is 5. The van der Waals surface area contributed by atoms with Crippen LogP contribution in [0.2, 0.25) is 0 Å². The number of nitrogens with one attached hydrogen (secondary N) is 2. The molecule has 0 aliphatic heterocycles. The summed E-state index contributed by atoms with van der Waals surface area (Å²) in [5.41, 5.74) is 1.09. The van der Waals surface area contributed by atoms with Crippen molar-refractivity contribution in [2.45, 2.75) is 13.5 Å². The summed E-state index contributed by atoms with van der Waals surface area (Å²) < 4.78 is 18.7. The fourth-order valence-electron chi connectivity index (χ4n) is 1.79. The molecular weight excluding hydrogens is 271 g/mol. The number of hydrogen-bond donors (Lipinski definition) is 2. The second-order valence-corrected chi connectivity index (χ2v) is 4.36. The van der Waals surface area contributed by atoms with E-state index in [2.05, 4.69) is 10.6 Å². The summed E-state index contributed by atoms with van der Waals surface area (Å²) in [5.74, 6) is 0.411. The Morgan fingerprint density at radius 3 is 2.52 bits per heavy atom. The highest BCUT2D eigenvalue weighted by Crippen LogP contribution is 2.15. The van der Waals surface area contributed by atoms with Gasteiger partial charge in [0.25, 0.3) is 0 Å².